The SMILES string of the molecule is CC(=O)OCSc1ccc(-c2nc3ncccn3c2-c2ccc(Br)cc2)cc1. The van der Waals surface area contributed by atoms with E-state index >= 15 is 0 Å². The van der Waals surface area contributed by atoms with Crippen LogP contribution in [0.5, 0.6) is 0 Å². The zero-order valence-corrected chi connectivity index (χ0v) is 17.4. The third kappa shape index (κ3) is 3.95. The number of rotatable bonds is 5. The van der Waals surface area contributed by atoms with E-state index in [1.165, 1.54) is 18.7 Å². The lowest BCUT2D eigenvalue weighted by molar-refractivity contribution is -0.138. The van der Waals surface area contributed by atoms with Crippen molar-refractivity contribution in [1.29, 1.82) is 0 Å². The fourth-order valence-corrected chi connectivity index (χ4v) is 3.82. The van der Waals surface area contributed by atoms with Gasteiger partial charge in [0.05, 0.1) is 11.4 Å². The number of nitrogens with zero attached hydrogens (tertiary/aromatic N) is 3. The van der Waals surface area contributed by atoms with Crippen LogP contribution in [-0.2, 0) is 9.53 Å². The molecular weight excluding hydrogens is 438 g/mol. The van der Waals surface area contributed by atoms with Crippen molar-refractivity contribution >= 4 is 39.4 Å². The Labute approximate surface area is 174 Å². The molecule has 0 radical (unpaired) electrons. The van der Waals surface area contributed by atoms with E-state index in [1.807, 2.05) is 53.1 Å². The molecule has 5 nitrogen and oxygen atoms in total. The highest BCUT2D eigenvalue weighted by atomic mass is 79.9. The van der Waals surface area contributed by atoms with E-state index in [0.29, 0.717) is 11.7 Å². The number of hydrogen-bond donors (Lipinski definition) is 0. The van der Waals surface area contributed by atoms with Crippen LogP contribution in [0.4, 0.5) is 0 Å². The van der Waals surface area contributed by atoms with E-state index in [0.717, 1.165) is 31.9 Å². The normalized spacial score (nSPS) is 10.9. The minimum atomic E-state index is -0.277. The smallest absolute Gasteiger partial charge is 0.303 e. The molecule has 0 aliphatic heterocycles. The first kappa shape index (κ1) is 18.7. The van der Waals surface area contributed by atoms with Crippen molar-refractivity contribution < 1.29 is 9.53 Å². The summed E-state index contributed by atoms with van der Waals surface area (Å²) in [4.78, 5) is 21.1. The number of esters is 1. The van der Waals surface area contributed by atoms with Crippen LogP contribution >= 0.6 is 27.7 Å². The molecule has 0 atom stereocenters. The molecule has 140 valence electrons. The summed E-state index contributed by atoms with van der Waals surface area (Å²) in [5.41, 5.74) is 3.93. The first-order valence-electron chi connectivity index (χ1n) is 8.57. The molecule has 28 heavy (non-hydrogen) atoms. The van der Waals surface area contributed by atoms with Crippen LogP contribution in [0.25, 0.3) is 28.3 Å². The summed E-state index contributed by atoms with van der Waals surface area (Å²) in [6, 6.07) is 18.1. The standard InChI is InChI=1S/C21H16BrN3O2S/c1-14(26)27-13-28-18-9-5-15(6-10-18)19-20(16-3-7-17(22)8-4-16)25-12-2-11-23-21(25)24-19/h2-12H,13H2,1H3. The highest BCUT2D eigenvalue weighted by Gasteiger charge is 2.16. The van der Waals surface area contributed by atoms with Crippen LogP contribution in [-0.4, -0.2) is 26.3 Å². The predicted molar refractivity (Wildman–Crippen MR) is 114 cm³/mol. The van der Waals surface area contributed by atoms with Crippen LogP contribution in [0.15, 0.2) is 76.4 Å². The molecule has 2 aromatic carbocycles. The van der Waals surface area contributed by atoms with E-state index < -0.39 is 0 Å². The first-order valence-corrected chi connectivity index (χ1v) is 10.4. The number of aromatic nitrogens is 3. The third-order valence-corrected chi connectivity index (χ3v) is 5.51. The van der Waals surface area contributed by atoms with Crippen LogP contribution in [0.3, 0.4) is 0 Å². The van der Waals surface area contributed by atoms with Crippen molar-refractivity contribution in [2.24, 2.45) is 0 Å². The monoisotopic (exact) mass is 453 g/mol. The number of benzene rings is 2. The number of halogens is 1. The van der Waals surface area contributed by atoms with Crippen molar-refractivity contribution in [3.05, 3.63) is 71.5 Å². The lowest BCUT2D eigenvalue weighted by Crippen LogP contribution is -1.96. The van der Waals surface area contributed by atoms with Gasteiger partial charge in [-0.1, -0.05) is 52.0 Å². The molecule has 2 heterocycles. The number of fused-ring (bicyclic) bond motifs is 1. The highest BCUT2D eigenvalue weighted by molar-refractivity contribution is 9.10. The Morgan fingerprint density at radius 2 is 1.82 bits per heavy atom. The Kier molecular flexibility index (Phi) is 5.45. The molecule has 0 saturated heterocycles. The number of carbonyl (C=O) groups excluding carboxylic acids is 1. The van der Waals surface area contributed by atoms with Gasteiger partial charge < -0.3 is 4.74 Å². The quantitative estimate of drug-likeness (QED) is 0.228. The van der Waals surface area contributed by atoms with Gasteiger partial charge in [0.15, 0.2) is 0 Å². The van der Waals surface area contributed by atoms with Crippen molar-refractivity contribution in [2.45, 2.75) is 11.8 Å². The third-order valence-electron chi connectivity index (χ3n) is 4.14. The molecule has 0 N–H and O–H groups in total. The summed E-state index contributed by atoms with van der Waals surface area (Å²) >= 11 is 4.96. The molecule has 0 saturated carbocycles. The maximum atomic E-state index is 10.9. The number of hydrogen-bond acceptors (Lipinski definition) is 5. The molecule has 0 bridgehead atoms. The van der Waals surface area contributed by atoms with E-state index in [-0.39, 0.29) is 5.97 Å². The minimum Gasteiger partial charge on any atom is -0.454 e. The molecule has 7 heteroatoms. The van der Waals surface area contributed by atoms with Crippen molar-refractivity contribution in [1.82, 2.24) is 14.4 Å². The van der Waals surface area contributed by atoms with Crippen molar-refractivity contribution in [2.75, 3.05) is 5.94 Å². The lowest BCUT2D eigenvalue weighted by atomic mass is 10.1. The van der Waals surface area contributed by atoms with Gasteiger partial charge in [-0.05, 0) is 30.3 Å². The molecule has 0 fully saturated rings. The van der Waals surface area contributed by atoms with Gasteiger partial charge in [-0.25, -0.2) is 9.97 Å². The molecule has 0 unspecified atom stereocenters. The number of imidazole rings is 1. The average Bonchev–Trinajstić information content (AvgIpc) is 3.08. The van der Waals surface area contributed by atoms with Gasteiger partial charge in [-0.2, -0.15) is 0 Å². The topological polar surface area (TPSA) is 56.5 Å². The lowest BCUT2D eigenvalue weighted by Gasteiger charge is -2.07. The number of thioether (sulfide) groups is 1. The summed E-state index contributed by atoms with van der Waals surface area (Å²) in [5, 5.41) is 0. The number of carbonyl (C=O) groups is 1. The van der Waals surface area contributed by atoms with Gasteiger partial charge in [-0.15, -0.1) is 0 Å². The Morgan fingerprint density at radius 1 is 1.11 bits per heavy atom. The first-order chi connectivity index (χ1) is 13.6. The molecule has 0 amide bonds. The number of ether oxygens (including phenoxy) is 1. The summed E-state index contributed by atoms with van der Waals surface area (Å²) in [5.74, 6) is 0.682. The van der Waals surface area contributed by atoms with E-state index in [2.05, 4.69) is 33.0 Å². The summed E-state index contributed by atoms with van der Waals surface area (Å²) in [6.45, 7) is 1.41. The molecule has 0 aliphatic carbocycles. The Bertz CT molecular complexity index is 1120. The van der Waals surface area contributed by atoms with Gasteiger partial charge in [0.2, 0.25) is 5.78 Å². The molecule has 4 aromatic rings. The van der Waals surface area contributed by atoms with E-state index in [4.69, 9.17) is 9.72 Å². The van der Waals surface area contributed by atoms with Gasteiger partial charge in [0.1, 0.15) is 5.94 Å². The highest BCUT2D eigenvalue weighted by Crippen LogP contribution is 2.33. The average molecular weight is 454 g/mol. The Morgan fingerprint density at radius 3 is 2.54 bits per heavy atom. The zero-order valence-electron chi connectivity index (χ0n) is 15.0. The molecular formula is C21H16BrN3O2S. The maximum absolute atomic E-state index is 10.9. The van der Waals surface area contributed by atoms with Crippen molar-refractivity contribution in [3.63, 3.8) is 0 Å². The Hall–Kier alpha value is -2.64. The minimum absolute atomic E-state index is 0.277. The molecule has 4 rings (SSSR count). The maximum Gasteiger partial charge on any atom is 0.303 e. The second-order valence-corrected chi connectivity index (χ2v) is 7.94. The molecule has 2 aromatic heterocycles. The second-order valence-electron chi connectivity index (χ2n) is 6.03. The molecule has 0 spiro atoms. The van der Waals surface area contributed by atoms with Crippen LogP contribution < -0.4 is 0 Å². The fourth-order valence-electron chi connectivity index (χ4n) is 2.86. The largest absolute Gasteiger partial charge is 0.454 e. The van der Waals surface area contributed by atoms with E-state index in [9.17, 15) is 4.79 Å². The van der Waals surface area contributed by atoms with Crippen LogP contribution in [0, 0.1) is 0 Å². The van der Waals surface area contributed by atoms with Gasteiger partial charge >= 0.3 is 5.97 Å². The van der Waals surface area contributed by atoms with Crippen LogP contribution in [0.2, 0.25) is 0 Å². The van der Waals surface area contributed by atoms with Gasteiger partial charge in [-0.3, -0.25) is 9.20 Å². The van der Waals surface area contributed by atoms with E-state index in [1.54, 1.807) is 6.20 Å². The van der Waals surface area contributed by atoms with Gasteiger partial charge in [0.25, 0.3) is 0 Å². The van der Waals surface area contributed by atoms with Crippen LogP contribution in [0.1, 0.15) is 6.92 Å². The van der Waals surface area contributed by atoms with Gasteiger partial charge in [0, 0.05) is 39.8 Å². The zero-order chi connectivity index (χ0) is 19.5. The predicted octanol–water partition coefficient (Wildman–Crippen LogP) is 5.44. The second kappa shape index (κ2) is 8.16. The Balaban J connectivity index is 1.73. The molecule has 0 aliphatic rings. The summed E-state index contributed by atoms with van der Waals surface area (Å²) < 4.78 is 8.01. The van der Waals surface area contributed by atoms with Crippen molar-refractivity contribution in [3.8, 4) is 22.5 Å². The summed E-state index contributed by atoms with van der Waals surface area (Å²) in [7, 11) is 0. The fraction of sp³-hybridized carbons (Fsp3) is 0.0952. The summed E-state index contributed by atoms with van der Waals surface area (Å²) in [6.07, 6.45) is 3.71.